The molecule has 0 aromatic carbocycles. The van der Waals surface area contributed by atoms with E-state index in [1.807, 2.05) is 21.1 Å². The Morgan fingerprint density at radius 3 is 1.54 bits per heavy atom. The molecule has 9 heteroatoms. The molecule has 3 unspecified atom stereocenters. The summed E-state index contributed by atoms with van der Waals surface area (Å²) in [6, 6.07) is -0.777. The number of rotatable bonds is 40. The fourth-order valence-electron chi connectivity index (χ4n) is 6.11. The standard InChI is InChI=1S/C48H87N2O6P/c1-6-8-10-12-14-16-18-20-21-22-23-24-25-26-27-28-29-30-32-34-36-38-40-42-48(52)49-46(45-56-57(53,54)55-44-43-50(3,4)5)47(51)41-39-37-35-33-31-19-17-15-13-11-9-7-2/h8,10,14,16,20-21,23-24,26-27,29-30,46-47,51H,6-7,9,11-13,15,17-19,22,25,28,31-45H2,1-5H3,(H-,49,52,53,54)/p+1/b10-8-,16-14-,21-20-,24-23-,27-26-,30-29-. The number of likely N-dealkylation sites (N-methyl/N-ethyl adjacent to an activating group) is 1. The normalized spacial score (nSPS) is 15.0. The number of quaternary nitrogens is 1. The van der Waals surface area contributed by atoms with Gasteiger partial charge in [-0.1, -0.05) is 177 Å². The Balaban J connectivity index is 4.38. The van der Waals surface area contributed by atoms with Crippen molar-refractivity contribution < 1.29 is 32.9 Å². The highest BCUT2D eigenvalue weighted by molar-refractivity contribution is 7.47. The van der Waals surface area contributed by atoms with Gasteiger partial charge in [0.25, 0.3) is 0 Å². The maximum Gasteiger partial charge on any atom is 0.472 e. The topological polar surface area (TPSA) is 105 Å². The molecule has 3 atom stereocenters. The van der Waals surface area contributed by atoms with E-state index in [0.717, 1.165) is 89.9 Å². The molecule has 0 aliphatic carbocycles. The van der Waals surface area contributed by atoms with Crippen LogP contribution in [0.25, 0.3) is 0 Å². The highest BCUT2D eigenvalue weighted by atomic mass is 31.2. The molecular weight excluding hydrogens is 732 g/mol. The van der Waals surface area contributed by atoms with E-state index < -0.39 is 20.0 Å². The zero-order chi connectivity index (χ0) is 42.1. The third-order valence-electron chi connectivity index (χ3n) is 9.72. The molecule has 0 aromatic heterocycles. The van der Waals surface area contributed by atoms with E-state index in [9.17, 15) is 19.4 Å². The second-order valence-electron chi connectivity index (χ2n) is 16.4. The number of hydrogen-bond donors (Lipinski definition) is 3. The summed E-state index contributed by atoms with van der Waals surface area (Å²) in [7, 11) is 1.58. The lowest BCUT2D eigenvalue weighted by atomic mass is 10.0. The first kappa shape index (κ1) is 54.9. The van der Waals surface area contributed by atoms with E-state index in [1.165, 1.54) is 57.8 Å². The second kappa shape index (κ2) is 39.4. The quantitative estimate of drug-likeness (QED) is 0.0246. The van der Waals surface area contributed by atoms with E-state index in [1.54, 1.807) is 0 Å². The molecule has 57 heavy (non-hydrogen) atoms. The summed E-state index contributed by atoms with van der Waals surface area (Å²) in [5.74, 6) is -0.173. The van der Waals surface area contributed by atoms with Crippen molar-refractivity contribution in [3.8, 4) is 0 Å². The molecule has 0 saturated heterocycles. The van der Waals surface area contributed by atoms with Gasteiger partial charge in [0, 0.05) is 6.42 Å². The van der Waals surface area contributed by atoms with E-state index >= 15 is 0 Å². The monoisotopic (exact) mass is 820 g/mol. The summed E-state index contributed by atoms with van der Waals surface area (Å²) < 4.78 is 23.6. The third-order valence-corrected chi connectivity index (χ3v) is 10.7. The summed E-state index contributed by atoms with van der Waals surface area (Å²) in [6.45, 7) is 4.73. The number of unbranched alkanes of at least 4 members (excludes halogenated alkanes) is 15. The first-order valence-electron chi connectivity index (χ1n) is 22.8. The summed E-state index contributed by atoms with van der Waals surface area (Å²) >= 11 is 0. The number of allylic oxidation sites excluding steroid dienone is 12. The molecule has 3 N–H and O–H groups in total. The summed E-state index contributed by atoms with van der Waals surface area (Å²) in [5, 5.41) is 13.9. The minimum Gasteiger partial charge on any atom is -0.391 e. The first-order valence-corrected chi connectivity index (χ1v) is 24.3. The van der Waals surface area contributed by atoms with Crippen molar-refractivity contribution >= 4 is 13.7 Å². The van der Waals surface area contributed by atoms with Gasteiger partial charge in [0.15, 0.2) is 0 Å². The Bertz CT molecular complexity index is 1160. The predicted molar refractivity (Wildman–Crippen MR) is 244 cm³/mol. The molecule has 0 aromatic rings. The van der Waals surface area contributed by atoms with Crippen LogP contribution in [0.4, 0.5) is 0 Å². The second-order valence-corrected chi connectivity index (χ2v) is 17.9. The van der Waals surface area contributed by atoms with Crippen LogP contribution < -0.4 is 5.32 Å². The van der Waals surface area contributed by atoms with Gasteiger partial charge in [0.05, 0.1) is 39.9 Å². The average Bonchev–Trinajstić information content (AvgIpc) is 3.16. The van der Waals surface area contributed by atoms with Crippen LogP contribution in [-0.4, -0.2) is 73.4 Å². The zero-order valence-electron chi connectivity index (χ0n) is 37.3. The van der Waals surface area contributed by atoms with E-state index in [-0.39, 0.29) is 19.1 Å². The SMILES string of the molecule is CC/C=C\C/C=C\C/C=C\C/C=C\C/C=C\C/C=C\CCCCCCC(=O)NC(COP(=O)(O)OCC[N+](C)(C)C)C(O)CCCCCCCCCCCCCC. The van der Waals surface area contributed by atoms with Crippen LogP contribution in [0.2, 0.25) is 0 Å². The van der Waals surface area contributed by atoms with Crippen LogP contribution in [-0.2, 0) is 18.4 Å². The number of nitrogens with zero attached hydrogens (tertiary/aromatic N) is 1. The number of hydrogen-bond acceptors (Lipinski definition) is 5. The van der Waals surface area contributed by atoms with Gasteiger partial charge < -0.3 is 19.8 Å². The molecule has 8 nitrogen and oxygen atoms in total. The van der Waals surface area contributed by atoms with Crippen molar-refractivity contribution in [2.45, 2.75) is 187 Å². The number of phosphoric acid groups is 1. The van der Waals surface area contributed by atoms with Crippen LogP contribution in [0.3, 0.4) is 0 Å². The zero-order valence-corrected chi connectivity index (χ0v) is 38.2. The summed E-state index contributed by atoms with van der Waals surface area (Å²) in [4.78, 5) is 23.1. The van der Waals surface area contributed by atoms with Gasteiger partial charge in [-0.05, 0) is 64.2 Å². The summed E-state index contributed by atoms with van der Waals surface area (Å²) in [6.07, 6.45) is 52.1. The number of carbonyl (C=O) groups is 1. The molecule has 0 aliphatic heterocycles. The molecule has 0 saturated carbocycles. The Labute approximate surface area is 351 Å². The van der Waals surface area contributed by atoms with Gasteiger partial charge in [-0.2, -0.15) is 0 Å². The van der Waals surface area contributed by atoms with E-state index in [2.05, 4.69) is 92.1 Å². The molecule has 330 valence electrons. The van der Waals surface area contributed by atoms with Crippen molar-refractivity contribution in [1.29, 1.82) is 0 Å². The van der Waals surface area contributed by atoms with Crippen LogP contribution in [0.15, 0.2) is 72.9 Å². The van der Waals surface area contributed by atoms with Gasteiger partial charge in [-0.25, -0.2) is 4.57 Å². The predicted octanol–water partition coefficient (Wildman–Crippen LogP) is 12.8. The number of nitrogens with one attached hydrogen (secondary N) is 1. The Kier molecular flexibility index (Phi) is 38.0. The van der Waals surface area contributed by atoms with Crippen LogP contribution in [0.5, 0.6) is 0 Å². The van der Waals surface area contributed by atoms with Crippen molar-refractivity contribution in [2.75, 3.05) is 40.9 Å². The maximum absolute atomic E-state index is 12.9. The van der Waals surface area contributed by atoms with Crippen molar-refractivity contribution in [2.24, 2.45) is 0 Å². The minimum atomic E-state index is -4.32. The van der Waals surface area contributed by atoms with Gasteiger partial charge >= 0.3 is 7.82 Å². The molecule has 0 spiro atoms. The Hall–Kier alpha value is -2.06. The number of aliphatic hydroxyl groups is 1. The van der Waals surface area contributed by atoms with Crippen LogP contribution in [0.1, 0.15) is 174 Å². The smallest absolute Gasteiger partial charge is 0.391 e. The molecule has 0 aliphatic rings. The van der Waals surface area contributed by atoms with Gasteiger partial charge in [0.2, 0.25) is 5.91 Å². The molecule has 0 rings (SSSR count). The fourth-order valence-corrected chi connectivity index (χ4v) is 6.84. The number of carbonyl (C=O) groups excluding carboxylic acids is 1. The molecule has 1 amide bonds. The molecule has 0 heterocycles. The van der Waals surface area contributed by atoms with Gasteiger partial charge in [0.1, 0.15) is 13.2 Å². The lowest BCUT2D eigenvalue weighted by Crippen LogP contribution is -2.46. The molecule has 0 bridgehead atoms. The Morgan fingerprint density at radius 1 is 0.614 bits per heavy atom. The van der Waals surface area contributed by atoms with E-state index in [4.69, 9.17) is 9.05 Å². The molecule has 0 radical (unpaired) electrons. The highest BCUT2D eigenvalue weighted by Crippen LogP contribution is 2.43. The number of aliphatic hydroxyl groups excluding tert-OH is 1. The van der Waals surface area contributed by atoms with Crippen LogP contribution in [0, 0.1) is 0 Å². The van der Waals surface area contributed by atoms with Gasteiger partial charge in [-0.15, -0.1) is 0 Å². The van der Waals surface area contributed by atoms with Crippen molar-refractivity contribution in [3.05, 3.63) is 72.9 Å². The number of amides is 1. The van der Waals surface area contributed by atoms with E-state index in [0.29, 0.717) is 23.9 Å². The minimum absolute atomic E-state index is 0.0653. The summed E-state index contributed by atoms with van der Waals surface area (Å²) in [5.41, 5.74) is 0. The Morgan fingerprint density at radius 2 is 1.05 bits per heavy atom. The highest BCUT2D eigenvalue weighted by Gasteiger charge is 2.28. The number of phosphoric ester groups is 1. The largest absolute Gasteiger partial charge is 0.472 e. The third kappa shape index (κ3) is 41.9. The van der Waals surface area contributed by atoms with Crippen molar-refractivity contribution in [1.82, 2.24) is 5.32 Å². The van der Waals surface area contributed by atoms with Gasteiger partial charge in [-0.3, -0.25) is 13.8 Å². The van der Waals surface area contributed by atoms with Crippen LogP contribution >= 0.6 is 7.82 Å². The van der Waals surface area contributed by atoms with Crippen molar-refractivity contribution in [3.63, 3.8) is 0 Å². The lowest BCUT2D eigenvalue weighted by Gasteiger charge is -2.26. The lowest BCUT2D eigenvalue weighted by molar-refractivity contribution is -0.870. The molecular formula is C48H88N2O6P+. The maximum atomic E-state index is 12.9. The fraction of sp³-hybridized carbons (Fsp3) is 0.729. The first-order chi connectivity index (χ1) is 27.5. The molecule has 0 fully saturated rings. The average molecular weight is 820 g/mol.